The molecule has 0 spiro atoms. The Hall–Kier alpha value is -2.31. The van der Waals surface area contributed by atoms with Gasteiger partial charge in [-0.1, -0.05) is 13.8 Å². The second-order valence-corrected chi connectivity index (χ2v) is 4.05. The lowest BCUT2D eigenvalue weighted by molar-refractivity contribution is -0.136. The number of nitrogens with one attached hydrogen (secondary N) is 1. The van der Waals surface area contributed by atoms with E-state index in [4.69, 9.17) is 5.11 Å². The van der Waals surface area contributed by atoms with Crippen molar-refractivity contribution < 1.29 is 9.90 Å². The minimum Gasteiger partial charge on any atom is -0.481 e. The van der Waals surface area contributed by atoms with E-state index in [0.717, 1.165) is 11.4 Å². The van der Waals surface area contributed by atoms with Crippen molar-refractivity contribution in [2.75, 3.05) is 0 Å². The van der Waals surface area contributed by atoms with E-state index in [1.165, 1.54) is 0 Å². The maximum Gasteiger partial charge on any atom is 0.307 e. The largest absolute Gasteiger partial charge is 0.481 e. The molecule has 0 aliphatic rings. The number of nitrogens with zero attached hydrogens (tertiary/aromatic N) is 4. The second kappa shape index (κ2) is 5.55. The zero-order valence-electron chi connectivity index (χ0n) is 10.8. The third-order valence-corrected chi connectivity index (χ3v) is 2.82. The molecule has 2 N–H and O–H groups in total. The van der Waals surface area contributed by atoms with Gasteiger partial charge in [0.05, 0.1) is 12.6 Å². The number of aromatic nitrogens is 5. The van der Waals surface area contributed by atoms with Crippen LogP contribution in [0.2, 0.25) is 0 Å². The fraction of sp³-hybridized carbons (Fsp3) is 0.417. The summed E-state index contributed by atoms with van der Waals surface area (Å²) in [5, 5.41) is 19.2. The van der Waals surface area contributed by atoms with Gasteiger partial charge < -0.3 is 5.11 Å². The molecule has 0 radical (unpaired) electrons. The van der Waals surface area contributed by atoms with E-state index in [1.54, 1.807) is 6.20 Å². The van der Waals surface area contributed by atoms with Gasteiger partial charge in [-0.05, 0) is 12.8 Å². The molecule has 7 nitrogen and oxygen atoms in total. The number of carboxylic acids is 1. The fourth-order valence-corrected chi connectivity index (χ4v) is 1.95. The maximum atomic E-state index is 10.9. The first-order valence-corrected chi connectivity index (χ1v) is 6.12. The van der Waals surface area contributed by atoms with Gasteiger partial charge in [0.15, 0.2) is 5.82 Å². The van der Waals surface area contributed by atoms with E-state index in [0.29, 0.717) is 29.9 Å². The number of carboxylic acid groups (broad SMARTS) is 1. The molecule has 7 heteroatoms. The SMILES string of the molecule is CCc1nc(-c2cn[nH]n2)nc(CC)c1CC(=O)O. The van der Waals surface area contributed by atoms with Gasteiger partial charge in [0, 0.05) is 17.0 Å². The molecule has 2 heterocycles. The topological polar surface area (TPSA) is 105 Å². The van der Waals surface area contributed by atoms with Gasteiger partial charge in [0.1, 0.15) is 5.69 Å². The molecule has 0 aliphatic heterocycles. The summed E-state index contributed by atoms with van der Waals surface area (Å²) < 4.78 is 0. The smallest absolute Gasteiger partial charge is 0.307 e. The van der Waals surface area contributed by atoms with Crippen molar-refractivity contribution in [1.29, 1.82) is 0 Å². The Kier molecular flexibility index (Phi) is 3.84. The average molecular weight is 261 g/mol. The number of aromatic amines is 1. The molecule has 0 amide bonds. The Bertz CT molecular complexity index is 555. The molecule has 0 saturated carbocycles. The van der Waals surface area contributed by atoms with Gasteiger partial charge in [0.25, 0.3) is 0 Å². The van der Waals surface area contributed by atoms with Crippen LogP contribution in [-0.2, 0) is 24.1 Å². The molecule has 19 heavy (non-hydrogen) atoms. The molecule has 2 aromatic rings. The van der Waals surface area contributed by atoms with Gasteiger partial charge >= 0.3 is 5.97 Å². The minimum absolute atomic E-state index is 0.0502. The van der Waals surface area contributed by atoms with Crippen LogP contribution >= 0.6 is 0 Å². The van der Waals surface area contributed by atoms with Crippen molar-refractivity contribution in [3.63, 3.8) is 0 Å². The van der Waals surface area contributed by atoms with E-state index < -0.39 is 5.97 Å². The van der Waals surface area contributed by atoms with E-state index in [2.05, 4.69) is 25.4 Å². The highest BCUT2D eigenvalue weighted by molar-refractivity contribution is 5.71. The molecule has 0 aliphatic carbocycles. The molecule has 0 aromatic carbocycles. The van der Waals surface area contributed by atoms with Crippen molar-refractivity contribution in [2.45, 2.75) is 33.1 Å². The maximum absolute atomic E-state index is 10.9. The number of hydrogen-bond donors (Lipinski definition) is 2. The number of aryl methyl sites for hydroxylation is 2. The normalized spacial score (nSPS) is 10.6. The van der Waals surface area contributed by atoms with Crippen LogP contribution in [0.5, 0.6) is 0 Å². The molecule has 2 aromatic heterocycles. The van der Waals surface area contributed by atoms with Gasteiger partial charge in [-0.15, -0.1) is 0 Å². The van der Waals surface area contributed by atoms with Crippen LogP contribution in [-0.4, -0.2) is 36.5 Å². The highest BCUT2D eigenvalue weighted by Crippen LogP contribution is 2.19. The first-order valence-electron chi connectivity index (χ1n) is 6.12. The predicted molar refractivity (Wildman–Crippen MR) is 67.5 cm³/mol. The van der Waals surface area contributed by atoms with E-state index in [1.807, 2.05) is 13.8 Å². The summed E-state index contributed by atoms with van der Waals surface area (Å²) in [5.41, 5.74) is 2.79. The lowest BCUT2D eigenvalue weighted by atomic mass is 10.0. The summed E-state index contributed by atoms with van der Waals surface area (Å²) in [6, 6.07) is 0. The summed E-state index contributed by atoms with van der Waals surface area (Å²) in [5.74, 6) is -0.390. The monoisotopic (exact) mass is 261 g/mol. The zero-order valence-corrected chi connectivity index (χ0v) is 10.8. The first kappa shape index (κ1) is 13.1. The number of H-pyrrole nitrogens is 1. The van der Waals surface area contributed by atoms with Crippen LogP contribution < -0.4 is 0 Å². The number of aliphatic carboxylic acids is 1. The predicted octanol–water partition coefficient (Wildman–Crippen LogP) is 1.01. The Morgan fingerprint density at radius 1 is 1.26 bits per heavy atom. The molecular weight excluding hydrogens is 246 g/mol. The van der Waals surface area contributed by atoms with Crippen LogP contribution in [0.4, 0.5) is 0 Å². The van der Waals surface area contributed by atoms with Crippen molar-refractivity contribution in [2.24, 2.45) is 0 Å². The molecule has 0 atom stereocenters. The van der Waals surface area contributed by atoms with Gasteiger partial charge in [-0.3, -0.25) is 4.79 Å². The Morgan fingerprint density at radius 3 is 2.32 bits per heavy atom. The zero-order chi connectivity index (χ0) is 13.8. The molecule has 2 rings (SSSR count). The molecule has 0 bridgehead atoms. The van der Waals surface area contributed by atoms with Crippen LogP contribution in [0.3, 0.4) is 0 Å². The van der Waals surface area contributed by atoms with Crippen molar-refractivity contribution in [1.82, 2.24) is 25.4 Å². The van der Waals surface area contributed by atoms with Crippen LogP contribution in [0.1, 0.15) is 30.8 Å². The third-order valence-electron chi connectivity index (χ3n) is 2.82. The Morgan fingerprint density at radius 2 is 1.89 bits per heavy atom. The van der Waals surface area contributed by atoms with E-state index in [9.17, 15) is 4.79 Å². The Balaban J connectivity index is 2.54. The van der Waals surface area contributed by atoms with Crippen molar-refractivity contribution >= 4 is 5.97 Å². The van der Waals surface area contributed by atoms with Crippen molar-refractivity contribution in [3.05, 3.63) is 23.1 Å². The summed E-state index contributed by atoms with van der Waals surface area (Å²) in [6.45, 7) is 3.89. The fourth-order valence-electron chi connectivity index (χ4n) is 1.95. The van der Waals surface area contributed by atoms with Crippen LogP contribution in [0.15, 0.2) is 6.20 Å². The number of carbonyl (C=O) groups is 1. The highest BCUT2D eigenvalue weighted by Gasteiger charge is 2.16. The molecule has 100 valence electrons. The van der Waals surface area contributed by atoms with Crippen LogP contribution in [0, 0.1) is 0 Å². The highest BCUT2D eigenvalue weighted by atomic mass is 16.4. The van der Waals surface area contributed by atoms with Gasteiger partial charge in [-0.25, -0.2) is 9.97 Å². The quantitative estimate of drug-likeness (QED) is 0.832. The summed E-state index contributed by atoms with van der Waals surface area (Å²) >= 11 is 0. The van der Waals surface area contributed by atoms with Gasteiger partial charge in [0.2, 0.25) is 0 Å². The summed E-state index contributed by atoms with van der Waals surface area (Å²) in [4.78, 5) is 19.7. The third kappa shape index (κ3) is 2.75. The van der Waals surface area contributed by atoms with Gasteiger partial charge in [-0.2, -0.15) is 15.4 Å². The lowest BCUT2D eigenvalue weighted by Crippen LogP contribution is -2.11. The second-order valence-electron chi connectivity index (χ2n) is 4.05. The average Bonchev–Trinajstić information content (AvgIpc) is 2.92. The molecule has 0 saturated heterocycles. The van der Waals surface area contributed by atoms with E-state index >= 15 is 0 Å². The van der Waals surface area contributed by atoms with Crippen molar-refractivity contribution in [3.8, 4) is 11.5 Å². The first-order chi connectivity index (χ1) is 9.15. The molecular formula is C12H15N5O2. The number of hydrogen-bond acceptors (Lipinski definition) is 5. The van der Waals surface area contributed by atoms with E-state index in [-0.39, 0.29) is 6.42 Å². The number of rotatable bonds is 5. The Labute approximate surface area is 110 Å². The summed E-state index contributed by atoms with van der Waals surface area (Å²) in [6.07, 6.45) is 2.81. The van der Waals surface area contributed by atoms with Crippen LogP contribution in [0.25, 0.3) is 11.5 Å². The minimum atomic E-state index is -0.873. The standard InChI is InChI=1S/C12H15N5O2/c1-3-8-7(5-11(18)19)9(4-2)15-12(14-8)10-6-13-17-16-10/h6H,3-5H2,1-2H3,(H,18,19)(H,13,16,17). The molecule has 0 fully saturated rings. The lowest BCUT2D eigenvalue weighted by Gasteiger charge is -2.11. The summed E-state index contributed by atoms with van der Waals surface area (Å²) in [7, 11) is 0. The molecule has 0 unspecified atom stereocenters.